The third-order valence-corrected chi connectivity index (χ3v) is 6.83. The van der Waals surface area contributed by atoms with E-state index in [4.69, 9.17) is 11.5 Å². The second-order valence-electron chi connectivity index (χ2n) is 9.48. The zero-order valence-electron chi connectivity index (χ0n) is 22.7. The Hall–Kier alpha value is -4.10. The number of carbonyl (C=O) groups excluding carboxylic acids is 4. The van der Waals surface area contributed by atoms with Gasteiger partial charge in [-0.15, -0.1) is 0 Å². The van der Waals surface area contributed by atoms with Crippen molar-refractivity contribution in [3.8, 4) is 5.75 Å². The minimum Gasteiger partial charge on any atom is -0.508 e. The van der Waals surface area contributed by atoms with Crippen molar-refractivity contribution in [2.75, 3.05) is 12.0 Å². The number of benzene rings is 2. The van der Waals surface area contributed by atoms with Crippen molar-refractivity contribution in [1.82, 2.24) is 16.0 Å². The SMILES string of the molecule is CSCCC(N)C(=O)NC(CCC(N)=O)C(=O)NC(Cc1ccc(O)cc1)C(=O)NC(Cc1ccccc1)C(=O)O. The molecular formula is C28H37N5O7S. The van der Waals surface area contributed by atoms with Gasteiger partial charge in [-0.2, -0.15) is 11.8 Å². The number of primary amides is 1. The molecule has 222 valence electrons. The Balaban J connectivity index is 2.27. The van der Waals surface area contributed by atoms with Crippen molar-refractivity contribution in [2.24, 2.45) is 11.5 Å². The average molecular weight is 588 g/mol. The van der Waals surface area contributed by atoms with Gasteiger partial charge in [0.05, 0.1) is 6.04 Å². The van der Waals surface area contributed by atoms with E-state index < -0.39 is 53.8 Å². The molecule has 0 fully saturated rings. The molecule has 41 heavy (non-hydrogen) atoms. The Labute approximate surface area is 242 Å². The van der Waals surface area contributed by atoms with Gasteiger partial charge in [-0.1, -0.05) is 42.5 Å². The lowest BCUT2D eigenvalue weighted by atomic mass is 10.0. The first-order valence-corrected chi connectivity index (χ1v) is 14.4. The van der Waals surface area contributed by atoms with Gasteiger partial charge in [0.2, 0.25) is 23.6 Å². The van der Waals surface area contributed by atoms with E-state index in [9.17, 15) is 34.2 Å². The first kappa shape index (κ1) is 33.1. The summed E-state index contributed by atoms with van der Waals surface area (Å²) >= 11 is 1.50. The van der Waals surface area contributed by atoms with Crippen molar-refractivity contribution >= 4 is 41.4 Å². The zero-order valence-corrected chi connectivity index (χ0v) is 23.6. The third kappa shape index (κ3) is 11.9. The summed E-state index contributed by atoms with van der Waals surface area (Å²) in [6, 6.07) is 9.99. The molecule has 13 heteroatoms. The zero-order chi connectivity index (χ0) is 30.4. The molecule has 0 aliphatic rings. The Morgan fingerprint density at radius 2 is 1.32 bits per heavy atom. The molecule has 12 nitrogen and oxygen atoms in total. The third-order valence-electron chi connectivity index (χ3n) is 6.19. The highest BCUT2D eigenvalue weighted by Gasteiger charge is 2.31. The molecule has 2 rings (SSSR count). The number of phenolic OH excluding ortho intramolecular Hbond substituents is 1. The number of carboxylic acid groups (broad SMARTS) is 1. The lowest BCUT2D eigenvalue weighted by molar-refractivity contribution is -0.142. The normalized spacial score (nSPS) is 13.7. The van der Waals surface area contributed by atoms with Gasteiger partial charge in [0.1, 0.15) is 23.9 Å². The van der Waals surface area contributed by atoms with Gasteiger partial charge in [-0.3, -0.25) is 19.2 Å². The van der Waals surface area contributed by atoms with Crippen molar-refractivity contribution in [3.63, 3.8) is 0 Å². The van der Waals surface area contributed by atoms with Crippen LogP contribution in [0.1, 0.15) is 30.4 Å². The van der Waals surface area contributed by atoms with Crippen LogP contribution in [0.3, 0.4) is 0 Å². The second-order valence-corrected chi connectivity index (χ2v) is 10.5. The summed E-state index contributed by atoms with van der Waals surface area (Å²) < 4.78 is 0. The number of amides is 4. The van der Waals surface area contributed by atoms with Crippen LogP contribution in [0.4, 0.5) is 0 Å². The summed E-state index contributed by atoms with van der Waals surface area (Å²) in [7, 11) is 0. The van der Waals surface area contributed by atoms with Gasteiger partial charge in [-0.05, 0) is 48.1 Å². The highest BCUT2D eigenvalue weighted by Crippen LogP contribution is 2.13. The number of carbonyl (C=O) groups is 5. The summed E-state index contributed by atoms with van der Waals surface area (Å²) in [4.78, 5) is 62.7. The molecule has 9 N–H and O–H groups in total. The molecule has 2 aromatic carbocycles. The highest BCUT2D eigenvalue weighted by atomic mass is 32.2. The van der Waals surface area contributed by atoms with Crippen LogP contribution in [0.2, 0.25) is 0 Å². The summed E-state index contributed by atoms with van der Waals surface area (Å²) in [6.45, 7) is 0. The number of phenols is 1. The Morgan fingerprint density at radius 1 is 0.780 bits per heavy atom. The van der Waals surface area contributed by atoms with Gasteiger partial charge in [0, 0.05) is 19.3 Å². The number of nitrogens with two attached hydrogens (primary N) is 2. The molecule has 0 radical (unpaired) electrons. The highest BCUT2D eigenvalue weighted by molar-refractivity contribution is 7.98. The standard InChI is InChI=1S/C28H37N5O7S/c1-41-14-13-20(29)25(36)31-21(11-12-24(30)35)26(37)32-22(15-18-7-9-19(34)10-8-18)27(38)33-23(28(39)40)16-17-5-3-2-4-6-17/h2-10,20-23,34H,11-16,29H2,1H3,(H2,30,35)(H,31,36)(H,32,37)(H,33,38)(H,39,40). The maximum absolute atomic E-state index is 13.4. The molecule has 4 amide bonds. The molecule has 4 atom stereocenters. The molecule has 0 aromatic heterocycles. The summed E-state index contributed by atoms with van der Waals surface area (Å²) in [5, 5.41) is 27.0. The van der Waals surface area contributed by atoms with Crippen molar-refractivity contribution in [1.29, 1.82) is 0 Å². The number of aliphatic carboxylic acids is 1. The molecule has 0 heterocycles. The summed E-state index contributed by atoms with van der Waals surface area (Å²) in [5.41, 5.74) is 12.4. The van der Waals surface area contributed by atoms with Crippen molar-refractivity contribution < 1.29 is 34.2 Å². The fraction of sp³-hybridized carbons (Fsp3) is 0.393. The lowest BCUT2D eigenvalue weighted by Gasteiger charge is -2.25. The van der Waals surface area contributed by atoms with Crippen LogP contribution in [-0.2, 0) is 36.8 Å². The number of aromatic hydroxyl groups is 1. The first-order chi connectivity index (χ1) is 19.5. The van der Waals surface area contributed by atoms with Crippen molar-refractivity contribution in [2.45, 2.75) is 56.3 Å². The molecule has 0 spiro atoms. The van der Waals surface area contributed by atoms with Crippen LogP contribution in [0.25, 0.3) is 0 Å². The summed E-state index contributed by atoms with van der Waals surface area (Å²) in [6.07, 6.45) is 1.82. The minimum absolute atomic E-state index is 0.000343. The maximum atomic E-state index is 13.4. The average Bonchev–Trinajstić information content (AvgIpc) is 2.94. The predicted octanol–water partition coefficient (Wildman–Crippen LogP) is 0.0623. The van der Waals surface area contributed by atoms with Gasteiger partial charge >= 0.3 is 5.97 Å². The molecule has 0 bridgehead atoms. The maximum Gasteiger partial charge on any atom is 0.326 e. The van der Waals surface area contributed by atoms with E-state index in [0.717, 1.165) is 0 Å². The van der Waals surface area contributed by atoms with E-state index in [1.54, 1.807) is 42.5 Å². The van der Waals surface area contributed by atoms with Crippen LogP contribution < -0.4 is 27.4 Å². The molecule has 0 saturated carbocycles. The molecular weight excluding hydrogens is 550 g/mol. The fourth-order valence-corrected chi connectivity index (χ4v) is 4.37. The van der Waals surface area contributed by atoms with E-state index in [1.165, 1.54) is 23.9 Å². The van der Waals surface area contributed by atoms with Crippen LogP contribution >= 0.6 is 11.8 Å². The van der Waals surface area contributed by atoms with Crippen LogP contribution in [0.5, 0.6) is 5.75 Å². The smallest absolute Gasteiger partial charge is 0.326 e. The minimum atomic E-state index is -1.29. The van der Waals surface area contributed by atoms with Gasteiger partial charge < -0.3 is 37.6 Å². The molecule has 0 aliphatic heterocycles. The number of hydrogen-bond acceptors (Lipinski definition) is 8. The monoisotopic (exact) mass is 587 g/mol. The lowest BCUT2D eigenvalue weighted by Crippen LogP contribution is -2.58. The quantitative estimate of drug-likeness (QED) is 0.133. The Kier molecular flexibility index (Phi) is 13.6. The van der Waals surface area contributed by atoms with Gasteiger partial charge in [0.25, 0.3) is 0 Å². The van der Waals surface area contributed by atoms with E-state index in [-0.39, 0.29) is 31.4 Å². The number of nitrogens with one attached hydrogen (secondary N) is 3. The van der Waals surface area contributed by atoms with E-state index in [1.807, 2.05) is 6.26 Å². The number of rotatable bonds is 17. The fourth-order valence-electron chi connectivity index (χ4n) is 3.88. The molecule has 0 aliphatic carbocycles. The Morgan fingerprint density at radius 3 is 1.90 bits per heavy atom. The van der Waals surface area contributed by atoms with E-state index in [2.05, 4.69) is 16.0 Å². The topological polar surface area (TPSA) is 214 Å². The van der Waals surface area contributed by atoms with Gasteiger partial charge in [-0.25, -0.2) is 4.79 Å². The van der Waals surface area contributed by atoms with Crippen LogP contribution in [0.15, 0.2) is 54.6 Å². The van der Waals surface area contributed by atoms with Crippen LogP contribution in [0, 0.1) is 0 Å². The molecule has 0 saturated heterocycles. The van der Waals surface area contributed by atoms with E-state index >= 15 is 0 Å². The second kappa shape index (κ2) is 16.9. The Bertz CT molecular complexity index is 1180. The number of thioether (sulfide) groups is 1. The van der Waals surface area contributed by atoms with E-state index in [0.29, 0.717) is 23.3 Å². The van der Waals surface area contributed by atoms with Gasteiger partial charge in [0.15, 0.2) is 0 Å². The number of carboxylic acids is 1. The van der Waals surface area contributed by atoms with Crippen molar-refractivity contribution in [3.05, 3.63) is 65.7 Å². The number of hydrogen-bond donors (Lipinski definition) is 7. The molecule has 4 unspecified atom stereocenters. The summed E-state index contributed by atoms with van der Waals surface area (Å²) in [5.74, 6) is -3.47. The first-order valence-electron chi connectivity index (χ1n) is 13.0. The molecule has 2 aromatic rings. The van der Waals surface area contributed by atoms with Crippen LogP contribution in [-0.4, -0.2) is 76.0 Å². The largest absolute Gasteiger partial charge is 0.508 e. The predicted molar refractivity (Wildman–Crippen MR) is 155 cm³/mol.